The van der Waals surface area contributed by atoms with Crippen LogP contribution in [0.25, 0.3) is 0 Å². The first-order valence-electron chi connectivity index (χ1n) is 8.46. The number of carbonyl (C=O) groups is 2. The van der Waals surface area contributed by atoms with Gasteiger partial charge in [-0.05, 0) is 55.7 Å². The number of carbonyl (C=O) groups excluding carboxylic acids is 2. The third-order valence-corrected chi connectivity index (χ3v) is 6.29. The van der Waals surface area contributed by atoms with Crippen molar-refractivity contribution >= 4 is 34.9 Å². The van der Waals surface area contributed by atoms with Crippen molar-refractivity contribution in [3.8, 4) is 0 Å². The summed E-state index contributed by atoms with van der Waals surface area (Å²) in [5, 5.41) is 1.95. The predicted molar refractivity (Wildman–Crippen MR) is 99.4 cm³/mol. The van der Waals surface area contributed by atoms with E-state index in [4.69, 9.17) is 29.0 Å². The maximum Gasteiger partial charge on any atom is 0.252 e. The molecule has 1 aromatic rings. The molecule has 4 nitrogen and oxygen atoms in total. The van der Waals surface area contributed by atoms with Crippen molar-refractivity contribution < 1.29 is 9.59 Å². The van der Waals surface area contributed by atoms with Gasteiger partial charge in [0.25, 0.3) is 5.91 Å². The van der Waals surface area contributed by atoms with E-state index in [1.165, 1.54) is 5.01 Å². The van der Waals surface area contributed by atoms with E-state index in [-0.39, 0.29) is 17.1 Å². The predicted octanol–water partition coefficient (Wildman–Crippen LogP) is 4.26. The van der Waals surface area contributed by atoms with Gasteiger partial charge in [0.2, 0.25) is 0 Å². The summed E-state index contributed by atoms with van der Waals surface area (Å²) in [6.45, 7) is 4.17. The van der Waals surface area contributed by atoms with E-state index in [1.807, 2.05) is 13.0 Å². The zero-order valence-electron chi connectivity index (χ0n) is 14.4. The van der Waals surface area contributed by atoms with Crippen LogP contribution in [-0.2, 0) is 9.59 Å². The highest BCUT2D eigenvalue weighted by Gasteiger charge is 2.59. The molecule has 1 saturated carbocycles. The summed E-state index contributed by atoms with van der Waals surface area (Å²) in [5.74, 6) is 4.65. The second-order valence-electron chi connectivity index (χ2n) is 7.36. The van der Waals surface area contributed by atoms with Gasteiger partial charge < -0.3 is 0 Å². The molecule has 1 unspecified atom stereocenters. The van der Waals surface area contributed by atoms with Gasteiger partial charge >= 0.3 is 0 Å². The van der Waals surface area contributed by atoms with Crippen molar-refractivity contribution in [2.75, 3.05) is 0 Å². The van der Waals surface area contributed by atoms with Gasteiger partial charge in [0.05, 0.1) is 0 Å². The van der Waals surface area contributed by atoms with Crippen molar-refractivity contribution in [1.82, 2.24) is 5.01 Å². The molecule has 1 atom stereocenters. The molecule has 0 aromatic heterocycles. The first kappa shape index (κ1) is 18.4. The SMILES string of the molecule is CC=CC1(C)CCC2(CC1)C(=O)C(c1ccc(Cl)cc1Cl)C(=O)N2N. The molecule has 2 N–H and O–H groups in total. The number of hydrazine groups is 1. The van der Waals surface area contributed by atoms with Gasteiger partial charge in [0, 0.05) is 10.0 Å². The van der Waals surface area contributed by atoms with Crippen molar-refractivity contribution in [1.29, 1.82) is 0 Å². The number of nitrogens with two attached hydrogens (primary N) is 1. The Balaban J connectivity index is 1.94. The van der Waals surface area contributed by atoms with Crippen molar-refractivity contribution in [3.05, 3.63) is 46.0 Å². The Labute approximate surface area is 157 Å². The van der Waals surface area contributed by atoms with Crippen LogP contribution in [0.15, 0.2) is 30.4 Å². The van der Waals surface area contributed by atoms with Crippen LogP contribution < -0.4 is 5.84 Å². The highest BCUT2D eigenvalue weighted by Crippen LogP contribution is 2.50. The second kappa shape index (κ2) is 6.42. The molecule has 1 spiro atoms. The van der Waals surface area contributed by atoms with Gasteiger partial charge in [-0.25, -0.2) is 5.84 Å². The van der Waals surface area contributed by atoms with Gasteiger partial charge in [0.15, 0.2) is 5.78 Å². The van der Waals surface area contributed by atoms with Crippen LogP contribution in [0.5, 0.6) is 0 Å². The summed E-state index contributed by atoms with van der Waals surface area (Å²) in [6, 6.07) is 4.83. The van der Waals surface area contributed by atoms with Crippen LogP contribution in [0.4, 0.5) is 0 Å². The molecule has 0 radical (unpaired) electrons. The Hall–Kier alpha value is -1.36. The normalized spacial score (nSPS) is 33.0. The van der Waals surface area contributed by atoms with E-state index in [2.05, 4.69) is 13.0 Å². The van der Waals surface area contributed by atoms with Crippen LogP contribution in [0, 0.1) is 5.41 Å². The maximum atomic E-state index is 13.3. The lowest BCUT2D eigenvalue weighted by atomic mass is 9.66. The number of nitrogens with zero attached hydrogens (tertiary/aromatic N) is 1. The summed E-state index contributed by atoms with van der Waals surface area (Å²) in [6.07, 6.45) is 6.97. The van der Waals surface area contributed by atoms with Gasteiger partial charge in [-0.1, -0.05) is 48.3 Å². The standard InChI is InChI=1S/C19H22Cl2N2O2/c1-3-6-18(2)7-9-19(10-8-18)16(24)15(17(25)23(19)22)13-5-4-12(20)11-14(13)21/h3-6,11,15H,7-10,22H2,1-2H3. The molecule has 134 valence electrons. The first-order chi connectivity index (χ1) is 11.7. The Bertz CT molecular complexity index is 752. The fourth-order valence-electron chi connectivity index (χ4n) is 4.15. The van der Waals surface area contributed by atoms with Crippen LogP contribution in [0.2, 0.25) is 10.0 Å². The monoisotopic (exact) mass is 380 g/mol. The molecule has 1 aliphatic heterocycles. The van der Waals surface area contributed by atoms with Gasteiger partial charge in [0.1, 0.15) is 11.5 Å². The van der Waals surface area contributed by atoms with E-state index in [1.54, 1.807) is 18.2 Å². The van der Waals surface area contributed by atoms with E-state index in [9.17, 15) is 9.59 Å². The molecular formula is C19H22Cl2N2O2. The molecule has 1 heterocycles. The van der Waals surface area contributed by atoms with E-state index >= 15 is 0 Å². The Morgan fingerprint density at radius 3 is 2.40 bits per heavy atom. The molecule has 0 bridgehead atoms. The summed E-state index contributed by atoms with van der Waals surface area (Å²) in [4.78, 5) is 26.0. The number of rotatable bonds is 2. The number of Topliss-reactive ketones (excluding diaryl/α,β-unsaturated/α-hetero) is 1. The van der Waals surface area contributed by atoms with Crippen molar-refractivity contribution in [3.63, 3.8) is 0 Å². The molecular weight excluding hydrogens is 359 g/mol. The van der Waals surface area contributed by atoms with Gasteiger partial charge in [-0.15, -0.1) is 0 Å². The number of amides is 1. The molecule has 1 amide bonds. The number of hydrogen-bond acceptors (Lipinski definition) is 3. The van der Waals surface area contributed by atoms with Crippen LogP contribution in [-0.4, -0.2) is 22.2 Å². The van der Waals surface area contributed by atoms with Gasteiger partial charge in [-0.3, -0.25) is 14.6 Å². The van der Waals surface area contributed by atoms with Gasteiger partial charge in [-0.2, -0.15) is 0 Å². The lowest BCUT2D eigenvalue weighted by molar-refractivity contribution is -0.136. The lowest BCUT2D eigenvalue weighted by Gasteiger charge is -2.43. The minimum Gasteiger partial charge on any atom is -0.296 e. The molecule has 25 heavy (non-hydrogen) atoms. The van der Waals surface area contributed by atoms with E-state index in [0.29, 0.717) is 28.5 Å². The molecule has 2 fully saturated rings. The Kier molecular flexibility index (Phi) is 4.73. The number of benzene rings is 1. The Morgan fingerprint density at radius 1 is 1.20 bits per heavy atom. The quantitative estimate of drug-likeness (QED) is 0.360. The van der Waals surface area contributed by atoms with E-state index < -0.39 is 11.5 Å². The highest BCUT2D eigenvalue weighted by atomic mass is 35.5. The molecule has 3 rings (SSSR count). The van der Waals surface area contributed by atoms with E-state index in [0.717, 1.165) is 12.8 Å². The summed E-state index contributed by atoms with van der Waals surface area (Å²) in [7, 11) is 0. The van der Waals surface area contributed by atoms with Crippen LogP contribution in [0.1, 0.15) is 51.0 Å². The zero-order chi connectivity index (χ0) is 18.4. The fourth-order valence-corrected chi connectivity index (χ4v) is 4.67. The van der Waals surface area contributed by atoms with Crippen LogP contribution in [0.3, 0.4) is 0 Å². The third kappa shape index (κ3) is 2.90. The Morgan fingerprint density at radius 2 is 1.84 bits per heavy atom. The fraction of sp³-hybridized carbons (Fsp3) is 0.474. The maximum absolute atomic E-state index is 13.3. The minimum atomic E-state index is -0.944. The summed E-state index contributed by atoms with van der Waals surface area (Å²) in [5.41, 5.74) is -0.401. The number of ketones is 1. The number of halogens is 2. The molecule has 1 aromatic carbocycles. The zero-order valence-corrected chi connectivity index (χ0v) is 15.9. The average Bonchev–Trinajstić information content (AvgIpc) is 2.73. The molecule has 1 saturated heterocycles. The largest absolute Gasteiger partial charge is 0.296 e. The minimum absolute atomic E-state index is 0.0418. The summed E-state index contributed by atoms with van der Waals surface area (Å²) < 4.78 is 0. The molecule has 1 aliphatic carbocycles. The summed E-state index contributed by atoms with van der Waals surface area (Å²) >= 11 is 12.2. The molecule has 6 heteroatoms. The van der Waals surface area contributed by atoms with Crippen molar-refractivity contribution in [2.45, 2.75) is 51.0 Å². The number of allylic oxidation sites excluding steroid dienone is 2. The van der Waals surface area contributed by atoms with Crippen LogP contribution >= 0.6 is 23.2 Å². The average molecular weight is 381 g/mol. The number of hydrogen-bond donors (Lipinski definition) is 1. The third-order valence-electron chi connectivity index (χ3n) is 5.73. The second-order valence-corrected chi connectivity index (χ2v) is 8.20. The first-order valence-corrected chi connectivity index (χ1v) is 9.22. The van der Waals surface area contributed by atoms with Crippen molar-refractivity contribution in [2.24, 2.45) is 11.3 Å². The lowest BCUT2D eigenvalue weighted by Crippen LogP contribution is -2.56. The highest BCUT2D eigenvalue weighted by molar-refractivity contribution is 6.36. The topological polar surface area (TPSA) is 63.4 Å². The molecule has 2 aliphatic rings. The smallest absolute Gasteiger partial charge is 0.252 e.